The summed E-state index contributed by atoms with van der Waals surface area (Å²) in [6.07, 6.45) is 0. The van der Waals surface area contributed by atoms with E-state index in [9.17, 15) is 14.4 Å². The van der Waals surface area contributed by atoms with E-state index in [4.69, 9.17) is 14.0 Å². The quantitative estimate of drug-likeness (QED) is 0.212. The number of hydrogen-bond acceptors (Lipinski definition) is 6. The fourth-order valence-corrected chi connectivity index (χ4v) is 13.1. The molecule has 2 heterocycles. The number of hydrogen-bond donors (Lipinski definition) is 1. The second kappa shape index (κ2) is 11.2. The third-order valence-corrected chi connectivity index (χ3v) is 14.3. The number of ether oxygens (including phenoxy) is 2. The molecule has 0 amide bonds. The molecule has 8 heteroatoms. The second-order valence-electron chi connectivity index (χ2n) is 10.4. The molecule has 218 valence electrons. The normalized spacial score (nSPS) is 19.2. The molecule has 43 heavy (non-hydrogen) atoms. The van der Waals surface area contributed by atoms with Gasteiger partial charge in [-0.1, -0.05) is 0 Å². The standard InChI is InChI=1S/C35H32NO6P/c1-3-40-34(38)30-29-31(27-22-14-15-23-28(27)36-33(29)37)42-43(24-16-8-5-9-17-24,25-18-10-6-11-19-25,26-20-12-7-13-21-26)32(30)35(39)41-4-2/h5-23,30,32H,3-4H2,1-2H3,(H,36,37)/t30-,32-/m0/s1. The maximum absolute atomic E-state index is 14.7. The molecule has 1 N–H and O–H groups in total. The third kappa shape index (κ3) is 4.10. The monoisotopic (exact) mass is 593 g/mol. The van der Waals surface area contributed by atoms with Crippen LogP contribution in [-0.2, 0) is 19.1 Å². The SMILES string of the molecule is CCOC(=O)[C@@H]1[C@@H](C(=O)OCC)c2c(c3ccccc3[nH]c2=O)OP1(c1ccccc1)(c1ccccc1)c1ccccc1. The molecule has 0 radical (unpaired) electrons. The molecule has 1 aliphatic heterocycles. The Morgan fingerprint density at radius 2 is 1.16 bits per heavy atom. The molecule has 1 aromatic heterocycles. The van der Waals surface area contributed by atoms with Crippen LogP contribution in [0, 0.1) is 0 Å². The number of carbonyl (C=O) groups is 2. The van der Waals surface area contributed by atoms with Crippen LogP contribution in [0.1, 0.15) is 25.3 Å². The third-order valence-electron chi connectivity index (χ3n) is 8.22. The minimum absolute atomic E-state index is 0.0539. The molecule has 6 rings (SSSR count). The van der Waals surface area contributed by atoms with Gasteiger partial charge >= 0.3 is 250 Å². The number of para-hydroxylation sites is 1. The topological polar surface area (TPSA) is 94.7 Å². The van der Waals surface area contributed by atoms with Crippen molar-refractivity contribution >= 4 is 45.6 Å². The number of esters is 2. The number of rotatable bonds is 7. The summed E-state index contributed by atoms with van der Waals surface area (Å²) in [6.45, 7) is -1.06. The Hall–Kier alpha value is -4.74. The molecule has 4 aromatic carbocycles. The summed E-state index contributed by atoms with van der Waals surface area (Å²) in [4.78, 5) is 45.8. The summed E-state index contributed by atoms with van der Waals surface area (Å²) in [7, 11) is 0. The molecule has 2 atom stereocenters. The molecule has 0 saturated heterocycles. The van der Waals surface area contributed by atoms with Gasteiger partial charge in [-0.05, 0) is 0 Å². The molecule has 0 fully saturated rings. The van der Waals surface area contributed by atoms with Crippen molar-refractivity contribution in [2.75, 3.05) is 13.2 Å². The average Bonchev–Trinajstić information content (AvgIpc) is 3.05. The fraction of sp³-hybridized carbons (Fsp3) is 0.171. The van der Waals surface area contributed by atoms with Gasteiger partial charge in [-0.2, -0.15) is 0 Å². The van der Waals surface area contributed by atoms with Gasteiger partial charge in [0.2, 0.25) is 0 Å². The second-order valence-corrected chi connectivity index (χ2v) is 14.9. The molecule has 1 aliphatic rings. The Morgan fingerprint density at radius 3 is 1.67 bits per heavy atom. The van der Waals surface area contributed by atoms with E-state index in [0.717, 1.165) is 0 Å². The predicted octanol–water partition coefficient (Wildman–Crippen LogP) is 4.94. The van der Waals surface area contributed by atoms with E-state index in [1.807, 2.05) is 109 Å². The average molecular weight is 594 g/mol. The van der Waals surface area contributed by atoms with E-state index >= 15 is 0 Å². The van der Waals surface area contributed by atoms with Gasteiger partial charge in [0, 0.05) is 0 Å². The van der Waals surface area contributed by atoms with Gasteiger partial charge in [0.15, 0.2) is 0 Å². The van der Waals surface area contributed by atoms with Crippen molar-refractivity contribution in [3.05, 3.63) is 131 Å². The summed E-state index contributed by atoms with van der Waals surface area (Å²) < 4.78 is 19.1. The zero-order valence-corrected chi connectivity index (χ0v) is 24.8. The first-order valence-electron chi connectivity index (χ1n) is 14.3. The van der Waals surface area contributed by atoms with Gasteiger partial charge in [-0.3, -0.25) is 0 Å². The van der Waals surface area contributed by atoms with Crippen LogP contribution in [0.2, 0.25) is 0 Å². The number of benzene rings is 4. The molecule has 7 nitrogen and oxygen atoms in total. The van der Waals surface area contributed by atoms with Crippen molar-refractivity contribution in [2.24, 2.45) is 0 Å². The van der Waals surface area contributed by atoms with E-state index in [0.29, 0.717) is 26.8 Å². The van der Waals surface area contributed by atoms with Crippen molar-refractivity contribution in [3.63, 3.8) is 0 Å². The molecule has 0 unspecified atom stereocenters. The van der Waals surface area contributed by atoms with Gasteiger partial charge in [0.1, 0.15) is 0 Å². The number of pyridine rings is 1. The van der Waals surface area contributed by atoms with E-state index < -0.39 is 35.9 Å². The predicted molar refractivity (Wildman–Crippen MR) is 170 cm³/mol. The van der Waals surface area contributed by atoms with Gasteiger partial charge in [0.05, 0.1) is 0 Å². The Balaban J connectivity index is 1.93. The summed E-state index contributed by atoms with van der Waals surface area (Å²) in [5, 5.41) is 2.76. The molecule has 0 saturated carbocycles. The van der Waals surface area contributed by atoms with Crippen LogP contribution in [0.4, 0.5) is 0 Å². The van der Waals surface area contributed by atoms with E-state index in [1.54, 1.807) is 19.9 Å². The van der Waals surface area contributed by atoms with E-state index in [-0.39, 0.29) is 24.5 Å². The Morgan fingerprint density at radius 1 is 0.698 bits per heavy atom. The molecular weight excluding hydrogens is 561 g/mol. The van der Waals surface area contributed by atoms with Crippen LogP contribution in [0.25, 0.3) is 10.9 Å². The number of fused-ring (bicyclic) bond motifs is 3. The van der Waals surface area contributed by atoms with Gasteiger partial charge in [0.25, 0.3) is 0 Å². The van der Waals surface area contributed by atoms with E-state index in [1.165, 1.54) is 0 Å². The fourth-order valence-electron chi connectivity index (χ4n) is 6.60. The number of nitrogens with one attached hydrogen (secondary N) is 1. The van der Waals surface area contributed by atoms with Crippen LogP contribution < -0.4 is 26.0 Å². The van der Waals surface area contributed by atoms with Crippen LogP contribution in [-0.4, -0.2) is 35.8 Å². The van der Waals surface area contributed by atoms with Crippen molar-refractivity contribution in [1.82, 2.24) is 4.98 Å². The Bertz CT molecular complexity index is 1760. The number of aromatic nitrogens is 1. The van der Waals surface area contributed by atoms with E-state index in [2.05, 4.69) is 4.98 Å². The molecule has 5 aromatic rings. The molecule has 0 aliphatic carbocycles. The molecule has 0 bridgehead atoms. The Kier molecular flexibility index (Phi) is 7.37. The van der Waals surface area contributed by atoms with Crippen LogP contribution in [0.15, 0.2) is 120 Å². The van der Waals surface area contributed by atoms with Crippen molar-refractivity contribution in [2.45, 2.75) is 25.4 Å². The number of H-pyrrole nitrogens is 1. The van der Waals surface area contributed by atoms with Crippen molar-refractivity contribution in [3.8, 4) is 5.75 Å². The van der Waals surface area contributed by atoms with Crippen LogP contribution in [0.3, 0.4) is 0 Å². The summed E-state index contributed by atoms with van der Waals surface area (Å²) in [6, 6.07) is 36.0. The number of carbonyl (C=O) groups excluding carboxylic acids is 2. The molecule has 0 spiro atoms. The Labute approximate surface area is 249 Å². The first-order chi connectivity index (χ1) is 21.0. The zero-order chi connectivity index (χ0) is 30.1. The van der Waals surface area contributed by atoms with Gasteiger partial charge in [-0.15, -0.1) is 0 Å². The van der Waals surface area contributed by atoms with Gasteiger partial charge in [-0.25, -0.2) is 0 Å². The molecular formula is C35H32NO6P. The van der Waals surface area contributed by atoms with Crippen LogP contribution >= 0.6 is 6.83 Å². The number of aromatic amines is 1. The van der Waals surface area contributed by atoms with Crippen molar-refractivity contribution < 1.29 is 23.6 Å². The van der Waals surface area contributed by atoms with Gasteiger partial charge < -0.3 is 0 Å². The first-order valence-corrected chi connectivity index (χ1v) is 16.6. The summed E-state index contributed by atoms with van der Waals surface area (Å²) >= 11 is 0. The summed E-state index contributed by atoms with van der Waals surface area (Å²) in [5.74, 6) is -2.42. The van der Waals surface area contributed by atoms with Crippen LogP contribution in [0.5, 0.6) is 5.75 Å². The minimum atomic E-state index is -4.61. The maximum atomic E-state index is 14.7. The first kappa shape index (κ1) is 28.4. The summed E-state index contributed by atoms with van der Waals surface area (Å²) in [5.41, 5.74) is -1.20. The zero-order valence-electron chi connectivity index (χ0n) is 23.9. The van der Waals surface area contributed by atoms with Crippen molar-refractivity contribution in [1.29, 1.82) is 0 Å².